The molecule has 1 aliphatic heterocycles. The van der Waals surface area contributed by atoms with Crippen LogP contribution in [0.1, 0.15) is 65.7 Å². The number of hydrogen-bond acceptors (Lipinski definition) is 2. The van der Waals surface area contributed by atoms with E-state index in [9.17, 15) is 9.59 Å². The van der Waals surface area contributed by atoms with Crippen molar-refractivity contribution in [2.75, 3.05) is 6.54 Å². The summed E-state index contributed by atoms with van der Waals surface area (Å²) in [6.07, 6.45) is 7.25. The van der Waals surface area contributed by atoms with Crippen molar-refractivity contribution < 1.29 is 9.59 Å². The van der Waals surface area contributed by atoms with E-state index in [0.717, 1.165) is 32.2 Å². The third-order valence-electron chi connectivity index (χ3n) is 5.63. The zero-order valence-electron chi connectivity index (χ0n) is 13.6. The molecule has 1 heterocycles. The monoisotopic (exact) mass is 292 g/mol. The number of piperazine rings is 1. The van der Waals surface area contributed by atoms with E-state index < -0.39 is 5.54 Å². The van der Waals surface area contributed by atoms with Gasteiger partial charge >= 0.3 is 0 Å². The molecule has 1 saturated heterocycles. The molecule has 0 aromatic heterocycles. The molecule has 1 unspecified atom stereocenters. The second-order valence-electron chi connectivity index (χ2n) is 8.06. The molecule has 0 aromatic carbocycles. The second-order valence-corrected chi connectivity index (χ2v) is 8.06. The van der Waals surface area contributed by atoms with Gasteiger partial charge in [-0.05, 0) is 37.0 Å². The molecule has 1 N–H and O–H groups in total. The smallest absolute Gasteiger partial charge is 0.249 e. The van der Waals surface area contributed by atoms with Gasteiger partial charge in [0.15, 0.2) is 0 Å². The lowest BCUT2D eigenvalue weighted by Crippen LogP contribution is -2.72. The van der Waals surface area contributed by atoms with Crippen molar-refractivity contribution in [3.63, 3.8) is 0 Å². The highest BCUT2D eigenvalue weighted by atomic mass is 16.2. The standard InChI is InChI=1S/C17H28N2O2/c1-12(2)13-14(20)18-17(7-5-4-6-8-17)15(21)19(13)11-16(3)9-10-16/h12-13H,4-11H2,1-3H3,(H,18,20). The fraction of sp³-hybridized carbons (Fsp3) is 0.882. The van der Waals surface area contributed by atoms with Crippen LogP contribution in [-0.4, -0.2) is 34.8 Å². The van der Waals surface area contributed by atoms with Gasteiger partial charge in [-0.25, -0.2) is 0 Å². The molecule has 4 heteroatoms. The van der Waals surface area contributed by atoms with Crippen molar-refractivity contribution in [1.82, 2.24) is 10.2 Å². The minimum atomic E-state index is -0.591. The van der Waals surface area contributed by atoms with Crippen molar-refractivity contribution >= 4 is 11.8 Å². The van der Waals surface area contributed by atoms with Gasteiger partial charge in [0.05, 0.1) is 0 Å². The summed E-state index contributed by atoms with van der Waals surface area (Å²) in [5, 5.41) is 3.12. The summed E-state index contributed by atoms with van der Waals surface area (Å²) in [7, 11) is 0. The van der Waals surface area contributed by atoms with Crippen LogP contribution < -0.4 is 5.32 Å². The van der Waals surface area contributed by atoms with Gasteiger partial charge in [-0.1, -0.05) is 40.0 Å². The minimum absolute atomic E-state index is 0.0655. The maximum Gasteiger partial charge on any atom is 0.249 e. The van der Waals surface area contributed by atoms with Crippen molar-refractivity contribution in [1.29, 1.82) is 0 Å². The molecule has 2 amide bonds. The molecule has 3 fully saturated rings. The van der Waals surface area contributed by atoms with E-state index in [2.05, 4.69) is 12.2 Å². The van der Waals surface area contributed by atoms with E-state index in [1.165, 1.54) is 19.3 Å². The summed E-state index contributed by atoms with van der Waals surface area (Å²) >= 11 is 0. The van der Waals surface area contributed by atoms with Gasteiger partial charge in [0.2, 0.25) is 11.8 Å². The van der Waals surface area contributed by atoms with Gasteiger partial charge in [0.25, 0.3) is 0 Å². The Balaban J connectivity index is 1.89. The zero-order chi connectivity index (χ0) is 15.3. The number of hydrogen-bond donors (Lipinski definition) is 1. The van der Waals surface area contributed by atoms with Crippen LogP contribution in [0.15, 0.2) is 0 Å². The lowest BCUT2D eigenvalue weighted by Gasteiger charge is -2.49. The Kier molecular flexibility index (Phi) is 3.53. The first-order valence-electron chi connectivity index (χ1n) is 8.50. The van der Waals surface area contributed by atoms with E-state index in [0.29, 0.717) is 0 Å². The first-order valence-corrected chi connectivity index (χ1v) is 8.50. The van der Waals surface area contributed by atoms with Crippen LogP contribution in [0, 0.1) is 11.3 Å². The Morgan fingerprint density at radius 3 is 2.29 bits per heavy atom. The van der Waals surface area contributed by atoms with Crippen LogP contribution in [0.4, 0.5) is 0 Å². The van der Waals surface area contributed by atoms with Gasteiger partial charge in [-0.3, -0.25) is 9.59 Å². The van der Waals surface area contributed by atoms with Crippen LogP contribution in [0.2, 0.25) is 0 Å². The average Bonchev–Trinajstić information content (AvgIpc) is 3.14. The minimum Gasteiger partial charge on any atom is -0.340 e. The number of nitrogens with one attached hydrogen (secondary N) is 1. The van der Waals surface area contributed by atoms with Crippen LogP contribution in [0.5, 0.6) is 0 Å². The Morgan fingerprint density at radius 1 is 1.14 bits per heavy atom. The summed E-state index contributed by atoms with van der Waals surface area (Å²) in [5.74, 6) is 0.418. The number of rotatable bonds is 3. The molecule has 3 rings (SSSR count). The van der Waals surface area contributed by atoms with E-state index in [-0.39, 0.29) is 29.2 Å². The quantitative estimate of drug-likeness (QED) is 0.868. The summed E-state index contributed by atoms with van der Waals surface area (Å²) in [5.41, 5.74) is -0.345. The molecule has 2 aliphatic carbocycles. The lowest BCUT2D eigenvalue weighted by molar-refractivity contribution is -0.159. The number of amides is 2. The third kappa shape index (κ3) is 2.58. The highest BCUT2D eigenvalue weighted by Crippen LogP contribution is 2.47. The predicted octanol–water partition coefficient (Wildman–Crippen LogP) is 2.47. The van der Waals surface area contributed by atoms with Crippen molar-refractivity contribution in [3.8, 4) is 0 Å². The molecule has 4 nitrogen and oxygen atoms in total. The fourth-order valence-corrected chi connectivity index (χ4v) is 4.02. The third-order valence-corrected chi connectivity index (χ3v) is 5.63. The van der Waals surface area contributed by atoms with E-state index in [1.54, 1.807) is 0 Å². The normalized spacial score (nSPS) is 30.7. The maximum atomic E-state index is 13.2. The van der Waals surface area contributed by atoms with Crippen LogP contribution in [0.3, 0.4) is 0 Å². The first kappa shape index (κ1) is 14.9. The largest absolute Gasteiger partial charge is 0.340 e. The molecule has 1 spiro atoms. The molecule has 2 saturated carbocycles. The summed E-state index contributed by atoms with van der Waals surface area (Å²) < 4.78 is 0. The van der Waals surface area contributed by atoms with Crippen LogP contribution in [-0.2, 0) is 9.59 Å². The van der Waals surface area contributed by atoms with Gasteiger partial charge < -0.3 is 10.2 Å². The average molecular weight is 292 g/mol. The molecule has 0 aromatic rings. The molecular weight excluding hydrogens is 264 g/mol. The predicted molar refractivity (Wildman–Crippen MR) is 81.6 cm³/mol. The summed E-state index contributed by atoms with van der Waals surface area (Å²) in [4.78, 5) is 27.8. The molecular formula is C17H28N2O2. The molecule has 118 valence electrons. The van der Waals surface area contributed by atoms with Gasteiger partial charge in [-0.2, -0.15) is 0 Å². The SMILES string of the molecule is CC(C)C1C(=O)NC2(CCCCC2)C(=O)N1CC1(C)CC1. The summed E-state index contributed by atoms with van der Waals surface area (Å²) in [6.45, 7) is 7.07. The second kappa shape index (κ2) is 4.99. The maximum absolute atomic E-state index is 13.2. The van der Waals surface area contributed by atoms with Crippen molar-refractivity contribution in [3.05, 3.63) is 0 Å². The van der Waals surface area contributed by atoms with Crippen molar-refractivity contribution in [2.45, 2.75) is 77.3 Å². The molecule has 1 atom stereocenters. The molecule has 21 heavy (non-hydrogen) atoms. The Bertz CT molecular complexity index is 448. The van der Waals surface area contributed by atoms with Gasteiger partial charge in [-0.15, -0.1) is 0 Å². The van der Waals surface area contributed by atoms with E-state index >= 15 is 0 Å². The number of nitrogens with zero attached hydrogens (tertiary/aromatic N) is 1. The topological polar surface area (TPSA) is 49.4 Å². The lowest BCUT2D eigenvalue weighted by atomic mass is 9.77. The molecule has 0 radical (unpaired) electrons. The first-order chi connectivity index (χ1) is 9.87. The van der Waals surface area contributed by atoms with Gasteiger partial charge in [0.1, 0.15) is 11.6 Å². The van der Waals surface area contributed by atoms with E-state index in [1.807, 2.05) is 18.7 Å². The fourth-order valence-electron chi connectivity index (χ4n) is 4.02. The highest BCUT2D eigenvalue weighted by Gasteiger charge is 2.54. The van der Waals surface area contributed by atoms with Gasteiger partial charge in [0, 0.05) is 6.54 Å². The Morgan fingerprint density at radius 2 is 1.76 bits per heavy atom. The number of carbonyl (C=O) groups excluding carboxylic acids is 2. The summed E-state index contributed by atoms with van der Waals surface area (Å²) in [6, 6.07) is -0.289. The van der Waals surface area contributed by atoms with Crippen LogP contribution >= 0.6 is 0 Å². The highest BCUT2D eigenvalue weighted by molar-refractivity contribution is 6.00. The zero-order valence-corrected chi connectivity index (χ0v) is 13.6. The Labute approximate surface area is 127 Å². The number of carbonyl (C=O) groups is 2. The van der Waals surface area contributed by atoms with Crippen LogP contribution in [0.25, 0.3) is 0 Å². The van der Waals surface area contributed by atoms with Crippen molar-refractivity contribution in [2.24, 2.45) is 11.3 Å². The van der Waals surface area contributed by atoms with E-state index in [4.69, 9.17) is 0 Å². The Hall–Kier alpha value is -1.06. The molecule has 0 bridgehead atoms. The molecule has 3 aliphatic rings.